The van der Waals surface area contributed by atoms with Gasteiger partial charge in [-0.05, 0) is 44.1 Å². The fourth-order valence-corrected chi connectivity index (χ4v) is 7.45. The second-order valence-corrected chi connectivity index (χ2v) is 10.6. The molecule has 3 saturated carbocycles. The lowest BCUT2D eigenvalue weighted by Crippen LogP contribution is -2.70. The molecule has 0 radical (unpaired) electrons. The van der Waals surface area contributed by atoms with E-state index in [0.717, 1.165) is 0 Å². The van der Waals surface area contributed by atoms with Crippen LogP contribution in [-0.4, -0.2) is 62.9 Å². The lowest BCUT2D eigenvalue weighted by Gasteiger charge is -2.63. The number of ether oxygens (including phenoxy) is 1. The van der Waals surface area contributed by atoms with Gasteiger partial charge in [0.15, 0.2) is 18.0 Å². The van der Waals surface area contributed by atoms with Crippen LogP contribution in [0.4, 0.5) is 4.39 Å². The number of halogens is 1. The Balaban J connectivity index is 1.72. The van der Waals surface area contributed by atoms with Crippen molar-refractivity contribution in [3.63, 3.8) is 0 Å². The summed E-state index contributed by atoms with van der Waals surface area (Å²) in [6.45, 7) is 4.27. The number of alkyl halides is 1. The van der Waals surface area contributed by atoms with Gasteiger partial charge in [-0.25, -0.2) is 4.39 Å². The molecule has 0 aromatic heterocycles. The minimum atomic E-state index is -2.26. The highest BCUT2D eigenvalue weighted by Gasteiger charge is 2.76. The van der Waals surface area contributed by atoms with Gasteiger partial charge in [0.05, 0.1) is 12.2 Å². The van der Waals surface area contributed by atoms with Gasteiger partial charge in [0.1, 0.15) is 5.67 Å². The van der Waals surface area contributed by atoms with Gasteiger partial charge in [0.25, 0.3) is 0 Å². The Morgan fingerprint density at radius 3 is 2.53 bits per heavy atom. The number of rotatable bonds is 4. The van der Waals surface area contributed by atoms with E-state index < -0.39 is 64.5 Å². The number of ketones is 2. The summed E-state index contributed by atoms with van der Waals surface area (Å²) in [5, 5.41) is 33.6. The summed E-state index contributed by atoms with van der Waals surface area (Å²) in [4.78, 5) is 36.5. The molecule has 0 saturated heterocycles. The number of hydrogen-bond donors (Lipinski definition) is 3. The normalized spacial score (nSPS) is 47.7. The van der Waals surface area contributed by atoms with E-state index in [1.807, 2.05) is 0 Å². The summed E-state index contributed by atoms with van der Waals surface area (Å²) in [5.41, 5.74) is -5.88. The van der Waals surface area contributed by atoms with E-state index in [-0.39, 0.29) is 31.5 Å². The number of esters is 1. The number of Topliss-reactive ketones (excluding diaryl/α,β-unsaturated/α-hetero) is 1. The van der Waals surface area contributed by atoms with Crippen LogP contribution in [0.15, 0.2) is 11.6 Å². The molecule has 0 aromatic rings. The standard InChI is InChI=1S/C24H33FO7/c1-4-20(30)32-12-19(29)24(31)17(27)10-16-15-6-5-13-9-14(26)7-8-21(13,2)23(15,25)18(28)11-22(16,24)3/h9,15-18,27-28,31H,4-8,10-12H2,1-3H3/t15-,16-,17+,18-,21-,22-,23-,24-/m0/s1. The number of aliphatic hydroxyl groups excluding tert-OH is 2. The third-order valence-electron chi connectivity index (χ3n) is 9.34. The van der Waals surface area contributed by atoms with Gasteiger partial charge >= 0.3 is 5.97 Å². The van der Waals surface area contributed by atoms with E-state index in [9.17, 15) is 29.7 Å². The van der Waals surface area contributed by atoms with Crippen molar-refractivity contribution in [3.05, 3.63) is 11.6 Å². The molecular weight excluding hydrogens is 419 g/mol. The van der Waals surface area contributed by atoms with Crippen molar-refractivity contribution >= 4 is 17.5 Å². The molecule has 0 aromatic carbocycles. The van der Waals surface area contributed by atoms with E-state index >= 15 is 4.39 Å². The molecule has 0 bridgehead atoms. The van der Waals surface area contributed by atoms with Gasteiger partial charge in [0.2, 0.25) is 5.78 Å². The molecule has 0 spiro atoms. The SMILES string of the molecule is CCC(=O)OCC(=O)[C@@]1(O)[C@H](O)C[C@H]2[C@@H]3CCC4=CC(=O)CC[C@]4(C)[C@@]3(F)[C@@H](O)C[C@@]21C. The second-order valence-electron chi connectivity index (χ2n) is 10.6. The van der Waals surface area contributed by atoms with E-state index in [1.165, 1.54) is 6.08 Å². The van der Waals surface area contributed by atoms with E-state index in [2.05, 4.69) is 0 Å². The minimum absolute atomic E-state index is 0.0115. The quantitative estimate of drug-likeness (QED) is 0.556. The maximum absolute atomic E-state index is 17.0. The molecule has 3 N–H and O–H groups in total. The van der Waals surface area contributed by atoms with Crippen molar-refractivity contribution in [1.29, 1.82) is 0 Å². The first kappa shape index (κ1) is 23.5. The number of fused-ring (bicyclic) bond motifs is 5. The Labute approximate surface area is 187 Å². The Kier molecular flexibility index (Phi) is 5.46. The number of aliphatic hydroxyl groups is 3. The third kappa shape index (κ3) is 2.78. The first-order valence-corrected chi connectivity index (χ1v) is 11.6. The molecule has 0 heterocycles. The summed E-state index contributed by atoms with van der Waals surface area (Å²) in [6, 6.07) is 0. The van der Waals surface area contributed by atoms with Crippen molar-refractivity contribution in [2.24, 2.45) is 22.7 Å². The number of carbonyl (C=O) groups excluding carboxylic acids is 3. The topological polar surface area (TPSA) is 121 Å². The lowest BCUT2D eigenvalue weighted by atomic mass is 9.44. The van der Waals surface area contributed by atoms with Crippen LogP contribution in [-0.2, 0) is 19.1 Å². The van der Waals surface area contributed by atoms with Crippen molar-refractivity contribution in [2.75, 3.05) is 6.61 Å². The molecule has 3 fully saturated rings. The Morgan fingerprint density at radius 2 is 1.88 bits per heavy atom. The van der Waals surface area contributed by atoms with E-state index in [4.69, 9.17) is 4.74 Å². The average molecular weight is 453 g/mol. The monoisotopic (exact) mass is 452 g/mol. The van der Waals surface area contributed by atoms with Gasteiger partial charge < -0.3 is 20.1 Å². The van der Waals surface area contributed by atoms with Crippen LogP contribution in [0.25, 0.3) is 0 Å². The molecule has 178 valence electrons. The zero-order valence-electron chi connectivity index (χ0n) is 18.9. The maximum atomic E-state index is 17.0. The van der Waals surface area contributed by atoms with E-state index in [1.54, 1.807) is 20.8 Å². The highest BCUT2D eigenvalue weighted by molar-refractivity contribution is 5.92. The van der Waals surface area contributed by atoms with Gasteiger partial charge in [-0.3, -0.25) is 14.4 Å². The van der Waals surface area contributed by atoms with Crippen molar-refractivity contribution in [1.82, 2.24) is 0 Å². The van der Waals surface area contributed by atoms with Crippen LogP contribution >= 0.6 is 0 Å². The predicted molar refractivity (Wildman–Crippen MR) is 111 cm³/mol. The zero-order chi connectivity index (χ0) is 23.7. The van der Waals surface area contributed by atoms with Gasteiger partial charge in [-0.1, -0.05) is 26.3 Å². The molecule has 0 amide bonds. The van der Waals surface area contributed by atoms with Gasteiger partial charge in [-0.2, -0.15) is 0 Å². The fourth-order valence-electron chi connectivity index (χ4n) is 7.45. The summed E-state index contributed by atoms with van der Waals surface area (Å²) >= 11 is 0. The third-order valence-corrected chi connectivity index (χ3v) is 9.34. The first-order chi connectivity index (χ1) is 14.9. The summed E-state index contributed by atoms with van der Waals surface area (Å²) < 4.78 is 21.9. The van der Waals surface area contributed by atoms with Crippen molar-refractivity contribution in [3.8, 4) is 0 Å². The highest BCUT2D eigenvalue weighted by atomic mass is 19.1. The summed E-state index contributed by atoms with van der Waals surface area (Å²) in [6.07, 6.45) is -0.219. The lowest BCUT2D eigenvalue weighted by molar-refractivity contribution is -0.230. The molecule has 32 heavy (non-hydrogen) atoms. The predicted octanol–water partition coefficient (Wildman–Crippen LogP) is 1.81. The van der Waals surface area contributed by atoms with Crippen LogP contribution in [0.5, 0.6) is 0 Å². The molecule has 0 aliphatic heterocycles. The Bertz CT molecular complexity index is 886. The van der Waals surface area contributed by atoms with Crippen LogP contribution in [0.2, 0.25) is 0 Å². The van der Waals surface area contributed by atoms with E-state index in [0.29, 0.717) is 24.8 Å². The van der Waals surface area contributed by atoms with Crippen molar-refractivity contribution in [2.45, 2.75) is 89.2 Å². The fraction of sp³-hybridized carbons (Fsp3) is 0.792. The molecular formula is C24H33FO7. The molecule has 4 rings (SSSR count). The minimum Gasteiger partial charge on any atom is -0.458 e. The average Bonchev–Trinajstić information content (AvgIpc) is 2.94. The second kappa shape index (κ2) is 7.43. The molecule has 7 nitrogen and oxygen atoms in total. The summed E-state index contributed by atoms with van der Waals surface area (Å²) in [5.74, 6) is -2.72. The van der Waals surface area contributed by atoms with Gasteiger partial charge in [0, 0.05) is 29.6 Å². The van der Waals surface area contributed by atoms with Crippen LogP contribution in [0.3, 0.4) is 0 Å². The smallest absolute Gasteiger partial charge is 0.305 e. The van der Waals surface area contributed by atoms with Crippen LogP contribution in [0.1, 0.15) is 65.7 Å². The maximum Gasteiger partial charge on any atom is 0.305 e. The zero-order valence-corrected chi connectivity index (χ0v) is 18.9. The first-order valence-electron chi connectivity index (χ1n) is 11.6. The Hall–Kier alpha value is -1.64. The highest BCUT2D eigenvalue weighted by Crippen LogP contribution is 2.70. The number of hydrogen-bond acceptors (Lipinski definition) is 7. The molecule has 4 aliphatic carbocycles. The Morgan fingerprint density at radius 1 is 1.19 bits per heavy atom. The molecule has 0 unspecified atom stereocenters. The number of carbonyl (C=O) groups is 3. The largest absolute Gasteiger partial charge is 0.458 e. The van der Waals surface area contributed by atoms with Crippen LogP contribution < -0.4 is 0 Å². The van der Waals surface area contributed by atoms with Gasteiger partial charge in [-0.15, -0.1) is 0 Å². The summed E-state index contributed by atoms with van der Waals surface area (Å²) in [7, 11) is 0. The number of allylic oxidation sites excluding steroid dienone is 1. The molecule has 8 heteroatoms. The molecule has 4 aliphatic rings. The van der Waals surface area contributed by atoms with Crippen molar-refractivity contribution < 1.29 is 38.8 Å². The molecule has 8 atom stereocenters. The van der Waals surface area contributed by atoms with Crippen LogP contribution in [0, 0.1) is 22.7 Å².